The van der Waals surface area contributed by atoms with Gasteiger partial charge in [-0.2, -0.15) is 0 Å². The zero-order valence-electron chi connectivity index (χ0n) is 9.70. The Morgan fingerprint density at radius 1 is 1.33 bits per heavy atom. The van der Waals surface area contributed by atoms with Crippen LogP contribution in [0.4, 0.5) is 5.69 Å². The molecule has 0 aromatic heterocycles. The van der Waals surface area contributed by atoms with Crippen molar-refractivity contribution >= 4 is 5.69 Å². The Bertz CT molecular complexity index is 306. The van der Waals surface area contributed by atoms with Gasteiger partial charge >= 0.3 is 0 Å². The fraction of sp³-hybridized carbons (Fsp3) is 0.500. The predicted molar refractivity (Wildman–Crippen MR) is 64.1 cm³/mol. The third-order valence-corrected chi connectivity index (χ3v) is 2.43. The zero-order chi connectivity index (χ0) is 11.5. The van der Waals surface area contributed by atoms with E-state index in [9.17, 15) is 0 Å². The number of likely N-dealkylation sites (N-methyl/N-ethyl adjacent to an activating group) is 1. The van der Waals surface area contributed by atoms with Gasteiger partial charge in [0.15, 0.2) is 0 Å². The summed E-state index contributed by atoms with van der Waals surface area (Å²) in [6.07, 6.45) is 0. The molecule has 1 unspecified atom stereocenters. The molecule has 0 heterocycles. The van der Waals surface area contributed by atoms with E-state index in [0.29, 0.717) is 6.54 Å². The number of anilines is 1. The van der Waals surface area contributed by atoms with E-state index in [-0.39, 0.29) is 6.61 Å². The summed E-state index contributed by atoms with van der Waals surface area (Å²) in [4.78, 5) is 2.05. The highest BCUT2D eigenvalue weighted by atomic mass is 16.3. The SMILES string of the molecule is Cc1ccc(N(C)CC(C)(N)CO)cc1. The molecule has 0 bridgehead atoms. The van der Waals surface area contributed by atoms with Gasteiger partial charge in [0.1, 0.15) is 0 Å². The van der Waals surface area contributed by atoms with Crippen LogP contribution in [0.3, 0.4) is 0 Å². The summed E-state index contributed by atoms with van der Waals surface area (Å²) in [6, 6.07) is 8.25. The first-order valence-corrected chi connectivity index (χ1v) is 5.12. The Morgan fingerprint density at radius 2 is 1.87 bits per heavy atom. The molecular formula is C12H20N2O. The summed E-state index contributed by atoms with van der Waals surface area (Å²) in [6.45, 7) is 4.53. The van der Waals surface area contributed by atoms with E-state index < -0.39 is 5.54 Å². The molecule has 3 heteroatoms. The van der Waals surface area contributed by atoms with E-state index >= 15 is 0 Å². The van der Waals surface area contributed by atoms with Crippen molar-refractivity contribution < 1.29 is 5.11 Å². The van der Waals surface area contributed by atoms with Gasteiger partial charge in [0, 0.05) is 19.3 Å². The number of aryl methyl sites for hydroxylation is 1. The Hall–Kier alpha value is -1.06. The van der Waals surface area contributed by atoms with Crippen LogP contribution in [0.2, 0.25) is 0 Å². The first kappa shape index (κ1) is 12.0. The minimum absolute atomic E-state index is 0.0107. The van der Waals surface area contributed by atoms with Gasteiger partial charge in [-0.1, -0.05) is 17.7 Å². The lowest BCUT2D eigenvalue weighted by molar-refractivity contribution is 0.212. The number of rotatable bonds is 4. The Morgan fingerprint density at radius 3 is 2.33 bits per heavy atom. The van der Waals surface area contributed by atoms with Crippen LogP contribution in [0.15, 0.2) is 24.3 Å². The minimum atomic E-state index is -0.556. The van der Waals surface area contributed by atoms with Gasteiger partial charge in [0.05, 0.1) is 12.1 Å². The molecular weight excluding hydrogens is 188 g/mol. The van der Waals surface area contributed by atoms with Crippen LogP contribution in [0.25, 0.3) is 0 Å². The molecule has 1 aromatic carbocycles. The summed E-state index contributed by atoms with van der Waals surface area (Å²) in [5, 5.41) is 9.08. The monoisotopic (exact) mass is 208 g/mol. The highest BCUT2D eigenvalue weighted by Crippen LogP contribution is 2.15. The molecule has 0 saturated heterocycles. The van der Waals surface area contributed by atoms with Crippen molar-refractivity contribution in [3.63, 3.8) is 0 Å². The second-order valence-electron chi connectivity index (χ2n) is 4.50. The average molecular weight is 208 g/mol. The van der Waals surface area contributed by atoms with Gasteiger partial charge in [0.2, 0.25) is 0 Å². The van der Waals surface area contributed by atoms with Crippen molar-refractivity contribution in [3.05, 3.63) is 29.8 Å². The van der Waals surface area contributed by atoms with E-state index in [0.717, 1.165) is 5.69 Å². The van der Waals surface area contributed by atoms with Crippen molar-refractivity contribution in [2.45, 2.75) is 19.4 Å². The van der Waals surface area contributed by atoms with Gasteiger partial charge in [0.25, 0.3) is 0 Å². The van der Waals surface area contributed by atoms with Gasteiger partial charge in [-0.3, -0.25) is 0 Å². The average Bonchev–Trinajstić information content (AvgIpc) is 2.18. The maximum Gasteiger partial charge on any atom is 0.0625 e. The van der Waals surface area contributed by atoms with Gasteiger partial charge in [-0.15, -0.1) is 0 Å². The number of hydrogen-bond donors (Lipinski definition) is 2. The molecule has 1 atom stereocenters. The largest absolute Gasteiger partial charge is 0.394 e. The van der Waals surface area contributed by atoms with Crippen molar-refractivity contribution in [2.24, 2.45) is 5.73 Å². The van der Waals surface area contributed by atoms with Gasteiger partial charge < -0.3 is 15.7 Å². The molecule has 0 saturated carbocycles. The molecule has 1 aromatic rings. The highest BCUT2D eigenvalue weighted by Gasteiger charge is 2.19. The lowest BCUT2D eigenvalue weighted by atomic mass is 10.0. The molecule has 0 amide bonds. The molecule has 0 radical (unpaired) electrons. The molecule has 0 aliphatic heterocycles. The summed E-state index contributed by atoms with van der Waals surface area (Å²) in [7, 11) is 1.98. The predicted octanol–water partition coefficient (Wildman–Crippen LogP) is 1.14. The molecule has 15 heavy (non-hydrogen) atoms. The molecule has 0 spiro atoms. The van der Waals surface area contributed by atoms with Gasteiger partial charge in [-0.25, -0.2) is 0 Å². The lowest BCUT2D eigenvalue weighted by Crippen LogP contribution is -2.49. The topological polar surface area (TPSA) is 49.5 Å². The second kappa shape index (κ2) is 4.64. The van der Waals surface area contributed by atoms with Gasteiger partial charge in [-0.05, 0) is 26.0 Å². The Labute approximate surface area is 91.5 Å². The van der Waals surface area contributed by atoms with Crippen molar-refractivity contribution in [1.82, 2.24) is 0 Å². The number of nitrogens with two attached hydrogens (primary N) is 1. The smallest absolute Gasteiger partial charge is 0.0625 e. The number of aliphatic hydroxyl groups excluding tert-OH is 1. The van der Waals surface area contributed by atoms with E-state index in [1.807, 2.05) is 14.0 Å². The summed E-state index contributed by atoms with van der Waals surface area (Å²) < 4.78 is 0. The number of nitrogens with zero attached hydrogens (tertiary/aromatic N) is 1. The Kier molecular flexibility index (Phi) is 3.72. The fourth-order valence-corrected chi connectivity index (χ4v) is 1.48. The van der Waals surface area contributed by atoms with Crippen LogP contribution in [0.1, 0.15) is 12.5 Å². The first-order chi connectivity index (χ1) is 6.94. The molecule has 1 rings (SSSR count). The molecule has 0 fully saturated rings. The van der Waals surface area contributed by atoms with Crippen LogP contribution in [0.5, 0.6) is 0 Å². The molecule has 0 aliphatic rings. The van der Waals surface area contributed by atoms with Crippen LogP contribution in [-0.4, -0.2) is 30.8 Å². The number of aliphatic hydroxyl groups is 1. The Balaban J connectivity index is 2.69. The maximum atomic E-state index is 9.08. The first-order valence-electron chi connectivity index (χ1n) is 5.12. The van der Waals surface area contributed by atoms with E-state index in [4.69, 9.17) is 10.8 Å². The minimum Gasteiger partial charge on any atom is -0.394 e. The van der Waals surface area contributed by atoms with Crippen molar-refractivity contribution in [3.8, 4) is 0 Å². The third kappa shape index (κ3) is 3.53. The van der Waals surface area contributed by atoms with Crippen LogP contribution < -0.4 is 10.6 Å². The lowest BCUT2D eigenvalue weighted by Gasteiger charge is -2.29. The van der Waals surface area contributed by atoms with Crippen LogP contribution >= 0.6 is 0 Å². The third-order valence-electron chi connectivity index (χ3n) is 2.43. The van der Waals surface area contributed by atoms with E-state index in [2.05, 4.69) is 36.1 Å². The van der Waals surface area contributed by atoms with Crippen LogP contribution in [0, 0.1) is 6.92 Å². The van der Waals surface area contributed by atoms with Crippen molar-refractivity contribution in [1.29, 1.82) is 0 Å². The maximum absolute atomic E-state index is 9.08. The molecule has 0 aliphatic carbocycles. The highest BCUT2D eigenvalue weighted by molar-refractivity contribution is 5.47. The quantitative estimate of drug-likeness (QED) is 0.780. The number of benzene rings is 1. The summed E-state index contributed by atoms with van der Waals surface area (Å²) in [5.74, 6) is 0. The van der Waals surface area contributed by atoms with E-state index in [1.54, 1.807) is 0 Å². The zero-order valence-corrected chi connectivity index (χ0v) is 9.70. The van der Waals surface area contributed by atoms with Crippen molar-refractivity contribution in [2.75, 3.05) is 25.1 Å². The molecule has 3 nitrogen and oxygen atoms in total. The second-order valence-corrected chi connectivity index (χ2v) is 4.50. The fourth-order valence-electron chi connectivity index (χ4n) is 1.48. The normalized spacial score (nSPS) is 14.7. The summed E-state index contributed by atoms with van der Waals surface area (Å²) in [5.41, 5.74) is 7.69. The summed E-state index contributed by atoms with van der Waals surface area (Å²) >= 11 is 0. The van der Waals surface area contributed by atoms with E-state index in [1.165, 1.54) is 5.56 Å². The number of hydrogen-bond acceptors (Lipinski definition) is 3. The molecule has 3 N–H and O–H groups in total. The standard InChI is InChI=1S/C12H20N2O/c1-10-4-6-11(7-5-10)14(3)8-12(2,13)9-15/h4-7,15H,8-9,13H2,1-3H3. The molecule has 84 valence electrons. The van der Waals surface area contributed by atoms with Crippen LogP contribution in [-0.2, 0) is 0 Å².